The Bertz CT molecular complexity index is 877. The molecule has 0 amide bonds. The highest BCUT2D eigenvalue weighted by atomic mass is 16.1. The number of para-hydroxylation sites is 2. The predicted octanol–water partition coefficient (Wildman–Crippen LogP) is 2.74. The second-order valence-corrected chi connectivity index (χ2v) is 6.27. The van der Waals surface area contributed by atoms with Gasteiger partial charge in [-0.1, -0.05) is 12.1 Å². The Morgan fingerprint density at radius 3 is 2.64 bits per heavy atom. The summed E-state index contributed by atoms with van der Waals surface area (Å²) >= 11 is 0. The van der Waals surface area contributed by atoms with E-state index >= 15 is 0 Å². The van der Waals surface area contributed by atoms with Crippen LogP contribution in [0.5, 0.6) is 0 Å². The van der Waals surface area contributed by atoms with Crippen LogP contribution in [-0.2, 0) is 6.54 Å². The molecule has 114 valence electrons. The van der Waals surface area contributed by atoms with E-state index in [-0.39, 0.29) is 5.56 Å². The first kappa shape index (κ1) is 13.6. The fraction of sp³-hybridized carbons (Fsp3) is 0.389. The molecular formula is C18H21N3O. The average Bonchev–Trinajstić information content (AvgIpc) is 3.17. The fourth-order valence-electron chi connectivity index (χ4n) is 3.75. The highest BCUT2D eigenvalue weighted by molar-refractivity contribution is 5.78. The van der Waals surface area contributed by atoms with E-state index in [9.17, 15) is 4.79 Å². The van der Waals surface area contributed by atoms with Crippen molar-refractivity contribution in [1.29, 1.82) is 0 Å². The van der Waals surface area contributed by atoms with Crippen molar-refractivity contribution in [1.82, 2.24) is 13.9 Å². The van der Waals surface area contributed by atoms with Crippen LogP contribution in [0.1, 0.15) is 19.3 Å². The van der Waals surface area contributed by atoms with Gasteiger partial charge in [0.15, 0.2) is 0 Å². The minimum absolute atomic E-state index is 0.115. The Labute approximate surface area is 129 Å². The Kier molecular flexibility index (Phi) is 3.26. The summed E-state index contributed by atoms with van der Waals surface area (Å²) < 4.78 is 3.95. The summed E-state index contributed by atoms with van der Waals surface area (Å²) in [5, 5.41) is 0. The van der Waals surface area contributed by atoms with Crippen LogP contribution in [0.2, 0.25) is 0 Å². The Morgan fingerprint density at radius 1 is 1.09 bits per heavy atom. The molecule has 1 unspecified atom stereocenters. The van der Waals surface area contributed by atoms with Crippen molar-refractivity contribution in [3.63, 3.8) is 0 Å². The summed E-state index contributed by atoms with van der Waals surface area (Å²) in [7, 11) is 2.19. The lowest BCUT2D eigenvalue weighted by atomic mass is 10.1. The normalized spacial score (nSPS) is 19.4. The van der Waals surface area contributed by atoms with Crippen molar-refractivity contribution in [2.45, 2.75) is 31.8 Å². The molecular weight excluding hydrogens is 274 g/mol. The number of fused-ring (bicyclic) bond motifs is 3. The van der Waals surface area contributed by atoms with Gasteiger partial charge >= 0.3 is 0 Å². The third-order valence-corrected chi connectivity index (χ3v) is 5.00. The van der Waals surface area contributed by atoms with Crippen LogP contribution < -0.4 is 5.56 Å². The van der Waals surface area contributed by atoms with Crippen LogP contribution in [0.15, 0.2) is 47.4 Å². The molecule has 0 radical (unpaired) electrons. The van der Waals surface area contributed by atoms with Gasteiger partial charge in [0.25, 0.3) is 5.56 Å². The molecule has 2 aromatic heterocycles. The molecule has 4 heteroatoms. The molecule has 1 atom stereocenters. The molecule has 0 aliphatic carbocycles. The van der Waals surface area contributed by atoms with Crippen LogP contribution in [-0.4, -0.2) is 33.5 Å². The number of aryl methyl sites for hydroxylation is 1. The third kappa shape index (κ3) is 2.06. The van der Waals surface area contributed by atoms with Crippen LogP contribution in [0.25, 0.3) is 16.6 Å². The van der Waals surface area contributed by atoms with Gasteiger partial charge in [-0.2, -0.15) is 0 Å². The molecule has 1 aromatic carbocycles. The molecule has 4 nitrogen and oxygen atoms in total. The molecule has 1 aliphatic rings. The minimum atomic E-state index is 0.115. The van der Waals surface area contributed by atoms with Crippen molar-refractivity contribution in [2.24, 2.45) is 0 Å². The van der Waals surface area contributed by atoms with E-state index in [1.165, 1.54) is 19.4 Å². The maximum Gasteiger partial charge on any atom is 0.275 e. The first-order valence-electron chi connectivity index (χ1n) is 8.04. The van der Waals surface area contributed by atoms with E-state index in [1.54, 1.807) is 0 Å². The van der Waals surface area contributed by atoms with Crippen molar-refractivity contribution >= 4 is 16.6 Å². The lowest BCUT2D eigenvalue weighted by molar-refractivity contribution is 0.286. The quantitative estimate of drug-likeness (QED) is 0.743. The maximum absolute atomic E-state index is 12.8. The summed E-state index contributed by atoms with van der Waals surface area (Å²) in [6, 6.07) is 12.6. The van der Waals surface area contributed by atoms with E-state index in [0.717, 1.165) is 29.5 Å². The van der Waals surface area contributed by atoms with E-state index < -0.39 is 0 Å². The topological polar surface area (TPSA) is 29.7 Å². The van der Waals surface area contributed by atoms with Crippen molar-refractivity contribution in [3.05, 3.63) is 52.9 Å². The molecule has 1 saturated heterocycles. The number of aromatic nitrogens is 2. The molecule has 3 aromatic rings. The zero-order chi connectivity index (χ0) is 15.1. The van der Waals surface area contributed by atoms with Gasteiger partial charge < -0.3 is 13.9 Å². The number of benzene rings is 1. The Hall–Kier alpha value is -2.07. The van der Waals surface area contributed by atoms with E-state index in [2.05, 4.69) is 24.1 Å². The molecule has 22 heavy (non-hydrogen) atoms. The third-order valence-electron chi connectivity index (χ3n) is 5.00. The highest BCUT2D eigenvalue weighted by Crippen LogP contribution is 2.20. The lowest BCUT2D eigenvalue weighted by Crippen LogP contribution is -2.29. The van der Waals surface area contributed by atoms with E-state index in [1.807, 2.05) is 39.4 Å². The first-order chi connectivity index (χ1) is 10.8. The molecule has 0 spiro atoms. The largest absolute Gasteiger partial charge is 0.310 e. The van der Waals surface area contributed by atoms with Gasteiger partial charge in [0.1, 0.15) is 5.52 Å². The van der Waals surface area contributed by atoms with Gasteiger partial charge in [-0.3, -0.25) is 4.79 Å². The Morgan fingerprint density at radius 2 is 1.86 bits per heavy atom. The summed E-state index contributed by atoms with van der Waals surface area (Å²) in [5.74, 6) is 0. The Balaban J connectivity index is 1.81. The van der Waals surface area contributed by atoms with Gasteiger partial charge in [0.2, 0.25) is 0 Å². The summed E-state index contributed by atoms with van der Waals surface area (Å²) in [5.41, 5.74) is 3.00. The minimum Gasteiger partial charge on any atom is -0.310 e. The summed E-state index contributed by atoms with van der Waals surface area (Å²) in [6.45, 7) is 1.97. The van der Waals surface area contributed by atoms with Gasteiger partial charge in [0.05, 0.1) is 11.0 Å². The predicted molar refractivity (Wildman–Crippen MR) is 89.4 cm³/mol. The number of hydrogen-bond acceptors (Lipinski definition) is 2. The van der Waals surface area contributed by atoms with Gasteiger partial charge in [-0.25, -0.2) is 0 Å². The van der Waals surface area contributed by atoms with Crippen molar-refractivity contribution in [3.8, 4) is 0 Å². The number of rotatable bonds is 3. The number of likely N-dealkylation sites (tertiary alicyclic amines) is 1. The van der Waals surface area contributed by atoms with Crippen LogP contribution in [0.4, 0.5) is 0 Å². The van der Waals surface area contributed by atoms with Gasteiger partial charge in [-0.05, 0) is 57.1 Å². The zero-order valence-corrected chi connectivity index (χ0v) is 12.9. The van der Waals surface area contributed by atoms with E-state index in [0.29, 0.717) is 6.04 Å². The van der Waals surface area contributed by atoms with Crippen LogP contribution in [0.3, 0.4) is 0 Å². The monoisotopic (exact) mass is 295 g/mol. The van der Waals surface area contributed by atoms with E-state index in [4.69, 9.17) is 0 Å². The molecule has 3 heterocycles. The van der Waals surface area contributed by atoms with Gasteiger partial charge in [0, 0.05) is 18.8 Å². The summed E-state index contributed by atoms with van der Waals surface area (Å²) in [4.78, 5) is 15.2. The van der Waals surface area contributed by atoms with Crippen molar-refractivity contribution < 1.29 is 0 Å². The first-order valence-corrected chi connectivity index (χ1v) is 8.04. The highest BCUT2D eigenvalue weighted by Gasteiger charge is 2.21. The average molecular weight is 295 g/mol. The molecule has 0 saturated carbocycles. The smallest absolute Gasteiger partial charge is 0.275 e. The molecule has 1 aliphatic heterocycles. The van der Waals surface area contributed by atoms with Crippen LogP contribution >= 0.6 is 0 Å². The van der Waals surface area contributed by atoms with Crippen molar-refractivity contribution in [2.75, 3.05) is 13.6 Å². The summed E-state index contributed by atoms with van der Waals surface area (Å²) in [6.07, 6.45) is 5.52. The molecule has 0 bridgehead atoms. The van der Waals surface area contributed by atoms with Crippen LogP contribution in [0, 0.1) is 0 Å². The lowest BCUT2D eigenvalue weighted by Gasteiger charge is -2.20. The maximum atomic E-state index is 12.8. The SMILES string of the molecule is CN1CCCC1CCn1c(=O)c2cccn2c2ccccc21. The zero-order valence-electron chi connectivity index (χ0n) is 12.9. The second kappa shape index (κ2) is 5.29. The molecule has 4 rings (SSSR count). The fourth-order valence-corrected chi connectivity index (χ4v) is 3.75. The molecule has 0 N–H and O–H groups in total. The second-order valence-electron chi connectivity index (χ2n) is 6.27. The van der Waals surface area contributed by atoms with Gasteiger partial charge in [-0.15, -0.1) is 0 Å². The number of hydrogen-bond donors (Lipinski definition) is 0. The molecule has 1 fully saturated rings. The standard InChI is InChI=1S/C18H21N3O/c1-19-11-4-6-14(19)10-13-21-16-8-3-2-7-15(16)20-12-5-9-17(20)18(21)22/h2-3,5,7-9,12,14H,4,6,10-11,13H2,1H3. The number of nitrogens with zero attached hydrogens (tertiary/aromatic N) is 3.